The summed E-state index contributed by atoms with van der Waals surface area (Å²) in [5.41, 5.74) is 4.11. The fraction of sp³-hybridized carbons (Fsp3) is 0.273. The molecule has 1 heterocycles. The Morgan fingerprint density at radius 1 is 1.07 bits per heavy atom. The summed E-state index contributed by atoms with van der Waals surface area (Å²) in [6.45, 7) is 2.62. The van der Waals surface area contributed by atoms with Gasteiger partial charge in [-0.1, -0.05) is 60.7 Å². The highest BCUT2D eigenvalue weighted by molar-refractivity contribution is 5.85. The van der Waals surface area contributed by atoms with Crippen LogP contribution in [0, 0.1) is 0 Å². The lowest BCUT2D eigenvalue weighted by Crippen LogP contribution is -2.34. The zero-order valence-electron chi connectivity index (χ0n) is 16.5. The van der Waals surface area contributed by atoms with E-state index in [2.05, 4.69) is 22.8 Å². The highest BCUT2D eigenvalue weighted by Gasteiger charge is 2.12. The van der Waals surface area contributed by atoms with Gasteiger partial charge in [-0.05, 0) is 5.56 Å². The van der Waals surface area contributed by atoms with Crippen LogP contribution >= 0.6 is 12.4 Å². The Labute approximate surface area is 177 Å². The number of carbonyl (C=O) groups is 1. The van der Waals surface area contributed by atoms with Crippen molar-refractivity contribution in [3.63, 3.8) is 0 Å². The second-order valence-corrected chi connectivity index (χ2v) is 6.50. The number of hydrogen-bond acceptors (Lipinski definition) is 4. The Balaban J connectivity index is 0.00000300. The van der Waals surface area contributed by atoms with Crippen LogP contribution in [0.1, 0.15) is 11.1 Å². The van der Waals surface area contributed by atoms with Gasteiger partial charge in [0.15, 0.2) is 0 Å². The first kappa shape index (κ1) is 22.6. The molecule has 0 saturated heterocycles. The van der Waals surface area contributed by atoms with Crippen molar-refractivity contribution in [2.75, 3.05) is 26.8 Å². The second-order valence-electron chi connectivity index (χ2n) is 6.50. The van der Waals surface area contributed by atoms with Gasteiger partial charge in [0.2, 0.25) is 5.91 Å². The Bertz CT molecular complexity index is 869. The maximum Gasteiger partial charge on any atom is 0.234 e. The van der Waals surface area contributed by atoms with E-state index in [9.17, 15) is 4.79 Å². The number of rotatable bonds is 10. The number of aromatic nitrogens is 2. The maximum atomic E-state index is 12.1. The number of nitrogens with zero attached hydrogens (tertiary/aromatic N) is 2. The van der Waals surface area contributed by atoms with Crippen LogP contribution in [-0.2, 0) is 22.6 Å². The molecule has 0 aliphatic heterocycles. The molecular weight excluding hydrogens is 388 g/mol. The molecule has 2 aromatic carbocycles. The van der Waals surface area contributed by atoms with E-state index in [1.54, 1.807) is 7.11 Å². The molecule has 0 aliphatic rings. The highest BCUT2D eigenvalue weighted by Crippen LogP contribution is 2.22. The summed E-state index contributed by atoms with van der Waals surface area (Å²) in [6.07, 6.45) is 2.01. The zero-order chi connectivity index (χ0) is 19.6. The molecule has 0 unspecified atom stereocenters. The zero-order valence-corrected chi connectivity index (χ0v) is 17.3. The van der Waals surface area contributed by atoms with Crippen LogP contribution in [0.25, 0.3) is 11.3 Å². The molecule has 0 saturated carbocycles. The monoisotopic (exact) mass is 414 g/mol. The van der Waals surface area contributed by atoms with Gasteiger partial charge in [-0.3, -0.25) is 9.48 Å². The van der Waals surface area contributed by atoms with E-state index in [0.29, 0.717) is 26.2 Å². The van der Waals surface area contributed by atoms with E-state index in [-0.39, 0.29) is 24.9 Å². The van der Waals surface area contributed by atoms with Gasteiger partial charge in [-0.2, -0.15) is 5.10 Å². The van der Waals surface area contributed by atoms with E-state index >= 15 is 0 Å². The Hall–Kier alpha value is -2.67. The molecule has 2 N–H and O–H groups in total. The first-order valence-electron chi connectivity index (χ1n) is 9.38. The van der Waals surface area contributed by atoms with Gasteiger partial charge in [0, 0.05) is 37.5 Å². The van der Waals surface area contributed by atoms with Crippen LogP contribution in [-0.4, -0.2) is 42.5 Å². The molecule has 0 atom stereocenters. The van der Waals surface area contributed by atoms with Gasteiger partial charge in [0.05, 0.1) is 25.4 Å². The average Bonchev–Trinajstić information content (AvgIpc) is 3.14. The normalized spacial score (nSPS) is 10.4. The molecule has 0 spiro atoms. The van der Waals surface area contributed by atoms with Crippen LogP contribution in [0.2, 0.25) is 0 Å². The molecule has 3 aromatic rings. The molecule has 0 aliphatic carbocycles. The molecule has 0 bridgehead atoms. The molecule has 0 radical (unpaired) electrons. The topological polar surface area (TPSA) is 68.2 Å². The summed E-state index contributed by atoms with van der Waals surface area (Å²) < 4.78 is 6.89. The number of ether oxygens (including phenoxy) is 1. The summed E-state index contributed by atoms with van der Waals surface area (Å²) in [7, 11) is 1.64. The van der Waals surface area contributed by atoms with E-state index in [1.165, 1.54) is 5.56 Å². The largest absolute Gasteiger partial charge is 0.383 e. The third-order valence-corrected chi connectivity index (χ3v) is 4.32. The van der Waals surface area contributed by atoms with Crippen molar-refractivity contribution in [3.05, 3.63) is 78.0 Å². The first-order valence-corrected chi connectivity index (χ1v) is 9.38. The van der Waals surface area contributed by atoms with Crippen molar-refractivity contribution in [1.82, 2.24) is 20.4 Å². The van der Waals surface area contributed by atoms with Crippen molar-refractivity contribution >= 4 is 18.3 Å². The van der Waals surface area contributed by atoms with Crippen LogP contribution in [0.5, 0.6) is 0 Å². The van der Waals surface area contributed by atoms with Gasteiger partial charge in [0.25, 0.3) is 0 Å². The van der Waals surface area contributed by atoms with E-state index < -0.39 is 0 Å². The highest BCUT2D eigenvalue weighted by atomic mass is 35.5. The van der Waals surface area contributed by atoms with Crippen molar-refractivity contribution in [2.45, 2.75) is 13.1 Å². The Morgan fingerprint density at radius 3 is 2.45 bits per heavy atom. The maximum absolute atomic E-state index is 12.1. The molecular formula is C22H27ClN4O2. The third-order valence-electron chi connectivity index (χ3n) is 4.32. The SMILES string of the molecule is COCCNCC(=O)NCc1cn(Cc2ccccc2)nc1-c1ccccc1.Cl. The number of nitrogens with one attached hydrogen (secondary N) is 2. The van der Waals surface area contributed by atoms with E-state index in [4.69, 9.17) is 9.84 Å². The molecule has 0 fully saturated rings. The summed E-state index contributed by atoms with van der Waals surface area (Å²) >= 11 is 0. The summed E-state index contributed by atoms with van der Waals surface area (Å²) in [4.78, 5) is 12.1. The van der Waals surface area contributed by atoms with Crippen molar-refractivity contribution in [2.24, 2.45) is 0 Å². The van der Waals surface area contributed by atoms with E-state index in [0.717, 1.165) is 16.8 Å². The average molecular weight is 415 g/mol. The van der Waals surface area contributed by atoms with Gasteiger partial charge < -0.3 is 15.4 Å². The molecule has 6 nitrogen and oxygen atoms in total. The molecule has 1 aromatic heterocycles. The minimum atomic E-state index is -0.0501. The van der Waals surface area contributed by atoms with Crippen LogP contribution in [0.15, 0.2) is 66.9 Å². The lowest BCUT2D eigenvalue weighted by molar-refractivity contribution is -0.120. The second kappa shape index (κ2) is 12.0. The third kappa shape index (κ3) is 7.02. The van der Waals surface area contributed by atoms with Crippen LogP contribution < -0.4 is 10.6 Å². The van der Waals surface area contributed by atoms with Crippen molar-refractivity contribution in [1.29, 1.82) is 0 Å². The lowest BCUT2D eigenvalue weighted by atomic mass is 10.1. The first-order chi connectivity index (χ1) is 13.8. The number of hydrogen-bond donors (Lipinski definition) is 2. The molecule has 3 rings (SSSR count). The Morgan fingerprint density at radius 2 is 1.76 bits per heavy atom. The molecule has 1 amide bonds. The molecule has 29 heavy (non-hydrogen) atoms. The fourth-order valence-electron chi connectivity index (χ4n) is 2.92. The number of methoxy groups -OCH3 is 1. The summed E-state index contributed by atoms with van der Waals surface area (Å²) in [5.74, 6) is -0.0501. The van der Waals surface area contributed by atoms with E-state index in [1.807, 2.05) is 59.4 Å². The van der Waals surface area contributed by atoms with Crippen LogP contribution in [0.4, 0.5) is 0 Å². The summed E-state index contributed by atoms with van der Waals surface area (Å²) in [6, 6.07) is 20.2. The van der Waals surface area contributed by atoms with Gasteiger partial charge in [0.1, 0.15) is 0 Å². The molecule has 154 valence electrons. The standard InChI is InChI=1S/C22H26N4O2.ClH/c1-28-13-12-23-15-21(27)24-14-20-17-26(16-18-8-4-2-5-9-18)25-22(20)19-10-6-3-7-11-19;/h2-11,17,23H,12-16H2,1H3,(H,24,27);1H. The van der Waals surface area contributed by atoms with Gasteiger partial charge >= 0.3 is 0 Å². The lowest BCUT2D eigenvalue weighted by Gasteiger charge is -2.07. The number of benzene rings is 2. The van der Waals surface area contributed by atoms with Crippen LogP contribution in [0.3, 0.4) is 0 Å². The quantitative estimate of drug-likeness (QED) is 0.500. The molecule has 7 heteroatoms. The predicted molar refractivity (Wildman–Crippen MR) is 117 cm³/mol. The van der Waals surface area contributed by atoms with Gasteiger partial charge in [-0.25, -0.2) is 0 Å². The minimum Gasteiger partial charge on any atom is -0.383 e. The minimum absolute atomic E-state index is 0. The van der Waals surface area contributed by atoms with Gasteiger partial charge in [-0.15, -0.1) is 12.4 Å². The van der Waals surface area contributed by atoms with Crippen molar-refractivity contribution < 1.29 is 9.53 Å². The smallest absolute Gasteiger partial charge is 0.234 e. The number of halogens is 1. The number of carbonyl (C=O) groups excluding carboxylic acids is 1. The summed E-state index contributed by atoms with van der Waals surface area (Å²) in [5, 5.41) is 10.8. The predicted octanol–water partition coefficient (Wildman–Crippen LogP) is 2.87. The number of amides is 1. The van der Waals surface area contributed by atoms with Crippen molar-refractivity contribution in [3.8, 4) is 11.3 Å². The fourth-order valence-corrected chi connectivity index (χ4v) is 2.92. The Kier molecular flexibility index (Phi) is 9.37.